The van der Waals surface area contributed by atoms with E-state index in [1.54, 1.807) is 26.0 Å². The molecule has 2 rings (SSSR count). The van der Waals surface area contributed by atoms with Crippen LogP contribution in [-0.2, 0) is 19.9 Å². The van der Waals surface area contributed by atoms with Gasteiger partial charge >= 0.3 is 12.2 Å². The minimum absolute atomic E-state index is 0.0335. The molecule has 208 valence electrons. The Morgan fingerprint density at radius 2 is 1.95 bits per heavy atom. The molecule has 3 N–H and O–H groups in total. The van der Waals surface area contributed by atoms with Crippen LogP contribution >= 0.6 is 27.5 Å². The van der Waals surface area contributed by atoms with Crippen molar-refractivity contribution >= 4 is 46.0 Å². The highest BCUT2D eigenvalue weighted by atomic mass is 79.9. The number of carbonyl (C=O) groups excluding carboxylic acids is 3. The lowest BCUT2D eigenvalue weighted by molar-refractivity contribution is -0.128. The van der Waals surface area contributed by atoms with E-state index in [9.17, 15) is 19.5 Å². The van der Waals surface area contributed by atoms with Gasteiger partial charge in [-0.2, -0.15) is 0 Å². The molecule has 1 aromatic carbocycles. The molecule has 9 nitrogen and oxygen atoms in total. The highest BCUT2D eigenvalue weighted by Gasteiger charge is 2.48. The van der Waals surface area contributed by atoms with Crippen LogP contribution in [0.5, 0.6) is 0 Å². The molecular weight excluding hydrogens is 566 g/mol. The van der Waals surface area contributed by atoms with E-state index < -0.39 is 34.8 Å². The number of alkyl halides is 1. The highest BCUT2D eigenvalue weighted by molar-refractivity contribution is 9.09. The van der Waals surface area contributed by atoms with Gasteiger partial charge in [-0.05, 0) is 43.9 Å². The number of ether oxygens (including phenoxy) is 2. The average molecular weight is 605 g/mol. The molecule has 0 radical (unpaired) electrons. The summed E-state index contributed by atoms with van der Waals surface area (Å²) < 4.78 is 10.1. The minimum atomic E-state index is -1.00. The predicted octanol–water partition coefficient (Wildman–Crippen LogP) is 4.09. The van der Waals surface area contributed by atoms with Crippen molar-refractivity contribution in [3.63, 3.8) is 0 Å². The Bertz CT molecular complexity index is 929. The van der Waals surface area contributed by atoms with E-state index in [1.807, 2.05) is 32.9 Å². The molecule has 0 saturated carbocycles. The van der Waals surface area contributed by atoms with E-state index in [-0.39, 0.29) is 19.1 Å². The number of nitrogens with zero attached hydrogens (tertiary/aromatic N) is 1. The average Bonchev–Trinajstić information content (AvgIpc) is 2.82. The minimum Gasteiger partial charge on any atom is -0.433 e. The van der Waals surface area contributed by atoms with Crippen molar-refractivity contribution in [3.05, 3.63) is 34.9 Å². The van der Waals surface area contributed by atoms with Gasteiger partial charge < -0.3 is 34.9 Å². The van der Waals surface area contributed by atoms with Gasteiger partial charge in [0.25, 0.3) is 0 Å². The number of rotatable bonds is 11. The first-order valence-corrected chi connectivity index (χ1v) is 13.8. The van der Waals surface area contributed by atoms with Gasteiger partial charge in [-0.15, -0.1) is 0 Å². The summed E-state index contributed by atoms with van der Waals surface area (Å²) in [5.41, 5.74) is -1.62. The van der Waals surface area contributed by atoms with Crippen LogP contribution in [0.1, 0.15) is 46.6 Å². The van der Waals surface area contributed by atoms with Crippen molar-refractivity contribution in [3.8, 4) is 0 Å². The van der Waals surface area contributed by atoms with E-state index in [2.05, 4.69) is 31.5 Å². The first-order valence-electron chi connectivity index (χ1n) is 12.4. The Labute approximate surface area is 232 Å². The maximum Gasteiger partial charge on any atom is 0.508 e. The van der Waals surface area contributed by atoms with Crippen LogP contribution < -0.4 is 10.6 Å². The molecule has 2 amide bonds. The first kappa shape index (κ1) is 31.3. The molecule has 1 aliphatic rings. The van der Waals surface area contributed by atoms with E-state index in [0.29, 0.717) is 36.4 Å². The summed E-state index contributed by atoms with van der Waals surface area (Å²) in [5.74, 6) is -0.177. The maximum atomic E-state index is 12.5. The number of hydrogen-bond donors (Lipinski definition) is 3. The second kappa shape index (κ2) is 13.3. The first-order chi connectivity index (χ1) is 17.2. The van der Waals surface area contributed by atoms with Crippen molar-refractivity contribution in [2.45, 2.75) is 58.3 Å². The monoisotopic (exact) mass is 603 g/mol. The van der Waals surface area contributed by atoms with Gasteiger partial charge in [-0.1, -0.05) is 60.4 Å². The predicted molar refractivity (Wildman–Crippen MR) is 146 cm³/mol. The molecule has 1 saturated heterocycles. The lowest BCUT2D eigenvalue weighted by Gasteiger charge is -2.51. The molecule has 3 atom stereocenters. The van der Waals surface area contributed by atoms with Crippen LogP contribution in [0.2, 0.25) is 5.02 Å². The normalized spacial score (nSPS) is 21.4. The van der Waals surface area contributed by atoms with E-state index in [1.165, 1.54) is 0 Å². The number of urea groups is 1. The third-order valence-electron chi connectivity index (χ3n) is 6.79. The fourth-order valence-corrected chi connectivity index (χ4v) is 4.87. The second-order valence-electron chi connectivity index (χ2n) is 10.9. The molecule has 0 aromatic heterocycles. The molecule has 37 heavy (non-hydrogen) atoms. The van der Waals surface area contributed by atoms with Crippen LogP contribution in [0.4, 0.5) is 9.59 Å². The summed E-state index contributed by atoms with van der Waals surface area (Å²) in [4.78, 5) is 38.2. The number of halogens is 2. The number of benzene rings is 1. The fraction of sp³-hybridized carbons (Fsp3) is 0.654. The van der Waals surface area contributed by atoms with Crippen molar-refractivity contribution in [2.24, 2.45) is 11.3 Å². The summed E-state index contributed by atoms with van der Waals surface area (Å²) in [7, 11) is 0. The standard InChI is InChI=1S/C26H39BrClN3O6/c1-18(21(15-32)30-22(33)29-16-25(4,5)37-23(34)36-13-11-27)14-31-12-10-26(35,24(2,3)17-31)19-6-8-20(28)9-7-19/h6-9,15,18,21,35H,10-14,16-17H2,1-5H3,(H2,29,30,33)/t18-,21?,26-/m0/s1. The second-order valence-corrected chi connectivity index (χ2v) is 12.1. The number of likely N-dealkylation sites (tertiary alicyclic amines) is 1. The third-order valence-corrected chi connectivity index (χ3v) is 7.36. The lowest BCUT2D eigenvalue weighted by Crippen LogP contribution is -2.57. The van der Waals surface area contributed by atoms with Crippen molar-refractivity contribution in [1.29, 1.82) is 0 Å². The fourth-order valence-electron chi connectivity index (χ4n) is 4.58. The number of carbonyl (C=O) groups is 3. The van der Waals surface area contributed by atoms with Gasteiger partial charge in [0.15, 0.2) is 0 Å². The number of nitrogens with one attached hydrogen (secondary N) is 2. The molecule has 0 spiro atoms. The molecule has 0 bridgehead atoms. The van der Waals surface area contributed by atoms with E-state index in [0.717, 1.165) is 11.8 Å². The van der Waals surface area contributed by atoms with Crippen molar-refractivity contribution in [2.75, 3.05) is 38.1 Å². The van der Waals surface area contributed by atoms with Crippen LogP contribution in [0, 0.1) is 11.3 Å². The molecule has 1 fully saturated rings. The number of aliphatic hydroxyl groups is 1. The van der Waals surface area contributed by atoms with E-state index in [4.69, 9.17) is 21.1 Å². The van der Waals surface area contributed by atoms with Gasteiger partial charge in [-0.3, -0.25) is 0 Å². The number of amides is 2. The van der Waals surface area contributed by atoms with Crippen LogP contribution in [0.25, 0.3) is 0 Å². The summed E-state index contributed by atoms with van der Waals surface area (Å²) in [6.07, 6.45) is 0.433. The summed E-state index contributed by atoms with van der Waals surface area (Å²) in [5, 5.41) is 18.0. The lowest BCUT2D eigenvalue weighted by atomic mass is 9.66. The smallest absolute Gasteiger partial charge is 0.433 e. The number of hydrogen-bond acceptors (Lipinski definition) is 7. The van der Waals surface area contributed by atoms with Crippen LogP contribution in [0.15, 0.2) is 24.3 Å². The number of aldehydes is 1. The third kappa shape index (κ3) is 8.84. The van der Waals surface area contributed by atoms with Crippen molar-refractivity contribution < 1.29 is 29.0 Å². The van der Waals surface area contributed by atoms with Gasteiger partial charge in [0.2, 0.25) is 0 Å². The topological polar surface area (TPSA) is 117 Å². The zero-order valence-electron chi connectivity index (χ0n) is 22.2. The summed E-state index contributed by atoms with van der Waals surface area (Å²) in [6, 6.07) is 6.05. The Balaban J connectivity index is 1.89. The molecule has 11 heteroatoms. The van der Waals surface area contributed by atoms with Crippen LogP contribution in [0.3, 0.4) is 0 Å². The maximum absolute atomic E-state index is 12.5. The summed E-state index contributed by atoms with van der Waals surface area (Å²) in [6.45, 7) is 11.3. The largest absolute Gasteiger partial charge is 0.508 e. The quantitative estimate of drug-likeness (QED) is 0.198. The Morgan fingerprint density at radius 1 is 1.30 bits per heavy atom. The van der Waals surface area contributed by atoms with E-state index >= 15 is 0 Å². The van der Waals surface area contributed by atoms with Crippen LogP contribution in [-0.4, -0.2) is 78.2 Å². The Morgan fingerprint density at radius 3 is 2.51 bits per heavy atom. The van der Waals surface area contributed by atoms with Gasteiger partial charge in [0.1, 0.15) is 18.5 Å². The molecule has 1 unspecified atom stereocenters. The zero-order chi connectivity index (χ0) is 27.9. The van der Waals surface area contributed by atoms with Crippen molar-refractivity contribution in [1.82, 2.24) is 15.5 Å². The van der Waals surface area contributed by atoms with Gasteiger partial charge in [-0.25, -0.2) is 9.59 Å². The zero-order valence-corrected chi connectivity index (χ0v) is 24.5. The molecule has 0 aliphatic carbocycles. The molecule has 1 heterocycles. The summed E-state index contributed by atoms with van der Waals surface area (Å²) >= 11 is 9.18. The highest BCUT2D eigenvalue weighted by Crippen LogP contribution is 2.46. The van der Waals surface area contributed by atoms with Gasteiger partial charge in [0, 0.05) is 35.4 Å². The molecule has 1 aromatic rings. The molecule has 1 aliphatic heterocycles. The van der Waals surface area contributed by atoms with Gasteiger partial charge in [0.05, 0.1) is 18.2 Å². The Hall–Kier alpha value is -1.88. The number of piperidine rings is 1. The Kier molecular flexibility index (Phi) is 11.2. The molecular formula is C26H39BrClN3O6. The SMILES string of the molecule is C[C@@H](CN1CC[C@](O)(c2ccc(Cl)cc2)C(C)(C)C1)C(C=O)NC(=O)NCC(C)(C)OC(=O)OCCBr.